The Morgan fingerprint density at radius 3 is 1.02 bits per heavy atom. The van der Waals surface area contributed by atoms with Gasteiger partial charge in [-0.3, -0.25) is 0 Å². The quantitative estimate of drug-likeness (QED) is 0.103. The summed E-state index contributed by atoms with van der Waals surface area (Å²) in [5.74, 6) is 0. The van der Waals surface area contributed by atoms with Crippen molar-refractivity contribution in [3.8, 4) is 0 Å². The van der Waals surface area contributed by atoms with Gasteiger partial charge in [-0.25, -0.2) is 0 Å². The first-order valence-corrected chi connectivity index (χ1v) is 14.1. The minimum atomic E-state index is -2.02. The van der Waals surface area contributed by atoms with Crippen molar-refractivity contribution in [2.24, 2.45) is 0 Å². The molecule has 45 heavy (non-hydrogen) atoms. The topological polar surface area (TPSA) is 348 Å². The van der Waals surface area contributed by atoms with Gasteiger partial charge in [-0.05, 0) is 0 Å². The first-order chi connectivity index (χ1) is 21.3. The summed E-state index contributed by atoms with van der Waals surface area (Å²) in [6.45, 7) is -3.39. The number of hydrogen-bond acceptors (Lipinski definition) is 21. The smallest absolute Gasteiger partial charge is 0.187 e. The Morgan fingerprint density at radius 2 is 0.644 bits per heavy atom. The molecule has 14 N–H and O–H groups in total. The van der Waals surface area contributed by atoms with E-state index in [0.29, 0.717) is 0 Å². The van der Waals surface area contributed by atoms with Gasteiger partial charge in [0, 0.05) is 0 Å². The van der Waals surface area contributed by atoms with Crippen LogP contribution in [0.25, 0.3) is 0 Å². The second-order valence-corrected chi connectivity index (χ2v) is 11.1. The minimum Gasteiger partial charge on any atom is -0.394 e. The first kappa shape index (κ1) is 37.0. The van der Waals surface area contributed by atoms with Crippen LogP contribution in [0.3, 0.4) is 0 Å². The normalized spacial score (nSPS) is 52.9. The lowest BCUT2D eigenvalue weighted by Gasteiger charge is -2.49. The highest BCUT2D eigenvalue weighted by atomic mass is 16.8. The van der Waals surface area contributed by atoms with Crippen molar-refractivity contribution in [3.05, 3.63) is 0 Å². The van der Waals surface area contributed by atoms with Crippen LogP contribution in [0.2, 0.25) is 0 Å². The molecule has 4 aliphatic rings. The Hall–Kier alpha value is -0.840. The molecule has 4 aliphatic heterocycles. The summed E-state index contributed by atoms with van der Waals surface area (Å²) in [6, 6.07) is 0. The second-order valence-electron chi connectivity index (χ2n) is 11.1. The summed E-state index contributed by atoms with van der Waals surface area (Å²) < 4.78 is 37.7. The van der Waals surface area contributed by atoms with E-state index in [0.717, 1.165) is 0 Å². The molecule has 1 unspecified atom stereocenters. The molecule has 0 bridgehead atoms. The zero-order valence-corrected chi connectivity index (χ0v) is 23.5. The van der Waals surface area contributed by atoms with Crippen molar-refractivity contribution in [3.63, 3.8) is 0 Å². The van der Waals surface area contributed by atoms with Crippen LogP contribution < -0.4 is 0 Å². The number of aliphatic hydroxyl groups excluding tert-OH is 14. The van der Waals surface area contributed by atoms with Gasteiger partial charge in [0.05, 0.1) is 26.4 Å². The highest BCUT2D eigenvalue weighted by Crippen LogP contribution is 2.34. The maximum Gasteiger partial charge on any atom is 0.187 e. The second kappa shape index (κ2) is 15.6. The zero-order valence-electron chi connectivity index (χ0n) is 23.5. The van der Waals surface area contributed by atoms with Gasteiger partial charge >= 0.3 is 0 Å². The Bertz CT molecular complexity index is 910. The summed E-state index contributed by atoms with van der Waals surface area (Å²) in [6.07, 6.45) is -35.3. The molecule has 20 atom stereocenters. The SMILES string of the molecule is OC[C@H]1O[C@@H](O[C@H]2[C@H](O)[C@@H](O)[C@H](O[C@@H]3[C@H](O)[C@@H](O)[C@H](O[C@H]4[C@H](O)[C@@H](O)C(O)O[C@@H]4CO)O[C@@H]3CO)O[C@@H]2CO)[C@H](O)[C@@H](O)[C@H]1O. The molecule has 21 heteroatoms. The number of aliphatic hydroxyl groups is 14. The molecule has 4 saturated heterocycles. The van der Waals surface area contributed by atoms with Gasteiger partial charge < -0.3 is 105 Å². The maximum atomic E-state index is 10.9. The van der Waals surface area contributed by atoms with Crippen molar-refractivity contribution in [1.29, 1.82) is 0 Å². The largest absolute Gasteiger partial charge is 0.394 e. The monoisotopic (exact) mass is 666 g/mol. The Morgan fingerprint density at radius 1 is 0.333 bits per heavy atom. The van der Waals surface area contributed by atoms with E-state index < -0.39 is 149 Å². The lowest BCUT2D eigenvalue weighted by Crippen LogP contribution is -2.67. The molecular weight excluding hydrogens is 624 g/mol. The number of rotatable bonds is 10. The lowest BCUT2D eigenvalue weighted by atomic mass is 9.95. The van der Waals surface area contributed by atoms with E-state index >= 15 is 0 Å². The third-order valence-electron chi connectivity index (χ3n) is 8.20. The standard InChI is InChI=1S/C24H42O21/c25-1-5-9(29)10(30)15(35)22(40-5)44-19-7(3-27)42-24(17(37)12(19)32)45-20-8(4-28)41-23(16(36)13(20)33)43-18-6(2-26)39-21(38)14(34)11(18)31/h5-38H,1-4H2/t5-,6-,7-,8-,9+,10+,11-,12-,13-,14-,15-,16-,17-,18-,19-,20+,21?,22+,23+,24+/m1/s1. The Balaban J connectivity index is 1.43. The molecule has 4 rings (SSSR count). The van der Waals surface area contributed by atoms with Gasteiger partial charge in [0.1, 0.15) is 97.7 Å². The van der Waals surface area contributed by atoms with Crippen molar-refractivity contribution in [2.45, 2.75) is 123 Å². The molecule has 0 saturated carbocycles. The van der Waals surface area contributed by atoms with E-state index in [1.54, 1.807) is 0 Å². The molecule has 0 aromatic heterocycles. The van der Waals surface area contributed by atoms with Crippen LogP contribution in [0.4, 0.5) is 0 Å². The van der Waals surface area contributed by atoms with Crippen LogP contribution >= 0.6 is 0 Å². The minimum absolute atomic E-state index is 0.784. The van der Waals surface area contributed by atoms with Gasteiger partial charge in [0.2, 0.25) is 0 Å². The van der Waals surface area contributed by atoms with Crippen LogP contribution in [0.15, 0.2) is 0 Å². The Labute approximate surface area is 254 Å². The van der Waals surface area contributed by atoms with Crippen molar-refractivity contribution in [1.82, 2.24) is 0 Å². The predicted molar refractivity (Wildman–Crippen MR) is 134 cm³/mol. The summed E-state index contributed by atoms with van der Waals surface area (Å²) in [4.78, 5) is 0. The molecule has 0 aromatic carbocycles. The van der Waals surface area contributed by atoms with Crippen LogP contribution in [-0.2, 0) is 33.2 Å². The first-order valence-electron chi connectivity index (χ1n) is 14.1. The average Bonchev–Trinajstić information content (AvgIpc) is 3.03. The van der Waals surface area contributed by atoms with E-state index in [1.807, 2.05) is 0 Å². The van der Waals surface area contributed by atoms with Crippen LogP contribution in [0.5, 0.6) is 0 Å². The van der Waals surface area contributed by atoms with E-state index in [-0.39, 0.29) is 0 Å². The van der Waals surface area contributed by atoms with Gasteiger partial charge in [-0.15, -0.1) is 0 Å². The fraction of sp³-hybridized carbons (Fsp3) is 1.00. The lowest BCUT2D eigenvalue weighted by molar-refractivity contribution is -0.387. The van der Waals surface area contributed by atoms with Crippen molar-refractivity contribution in [2.75, 3.05) is 26.4 Å². The molecule has 264 valence electrons. The molecule has 0 amide bonds. The molecular formula is C24H42O21. The van der Waals surface area contributed by atoms with Crippen LogP contribution in [0, 0.1) is 0 Å². The average molecular weight is 667 g/mol. The van der Waals surface area contributed by atoms with Gasteiger partial charge in [0.25, 0.3) is 0 Å². The maximum absolute atomic E-state index is 10.9. The third kappa shape index (κ3) is 7.44. The van der Waals surface area contributed by atoms with Crippen LogP contribution in [0.1, 0.15) is 0 Å². The molecule has 21 nitrogen and oxygen atoms in total. The molecule has 4 heterocycles. The van der Waals surface area contributed by atoms with Gasteiger partial charge in [-0.2, -0.15) is 0 Å². The van der Waals surface area contributed by atoms with E-state index in [1.165, 1.54) is 0 Å². The van der Waals surface area contributed by atoms with E-state index in [2.05, 4.69) is 0 Å². The number of ether oxygens (including phenoxy) is 7. The molecule has 0 aromatic rings. The number of hydrogen-bond donors (Lipinski definition) is 14. The van der Waals surface area contributed by atoms with Gasteiger partial charge in [0.15, 0.2) is 25.2 Å². The van der Waals surface area contributed by atoms with E-state index in [9.17, 15) is 71.5 Å². The fourth-order valence-corrected chi connectivity index (χ4v) is 5.55. The predicted octanol–water partition coefficient (Wildman–Crippen LogP) is -9.75. The molecule has 0 aliphatic carbocycles. The fourth-order valence-electron chi connectivity index (χ4n) is 5.55. The molecule has 0 radical (unpaired) electrons. The van der Waals surface area contributed by atoms with E-state index in [4.69, 9.17) is 33.2 Å². The summed E-state index contributed by atoms with van der Waals surface area (Å²) in [7, 11) is 0. The Kier molecular flexibility index (Phi) is 12.8. The van der Waals surface area contributed by atoms with Crippen molar-refractivity contribution < 1.29 is 105 Å². The van der Waals surface area contributed by atoms with Crippen LogP contribution in [-0.4, -0.2) is 221 Å². The summed E-state index contributed by atoms with van der Waals surface area (Å²) in [5.41, 5.74) is 0. The highest BCUT2D eigenvalue weighted by molar-refractivity contribution is 4.97. The summed E-state index contributed by atoms with van der Waals surface area (Å²) in [5, 5.41) is 142. The summed E-state index contributed by atoms with van der Waals surface area (Å²) >= 11 is 0. The molecule has 4 fully saturated rings. The molecule has 0 spiro atoms. The zero-order chi connectivity index (χ0) is 33.3. The highest BCUT2D eigenvalue weighted by Gasteiger charge is 2.55. The van der Waals surface area contributed by atoms with Gasteiger partial charge in [-0.1, -0.05) is 0 Å². The van der Waals surface area contributed by atoms with Crippen molar-refractivity contribution >= 4 is 0 Å². The third-order valence-corrected chi connectivity index (χ3v) is 8.20.